The first-order valence-corrected chi connectivity index (χ1v) is 5.50. The molecule has 0 atom stereocenters. The smallest absolute Gasteiger partial charge is 0.306 e. The predicted octanol–water partition coefficient (Wildman–Crippen LogP) is 2.22. The molecule has 17 heavy (non-hydrogen) atoms. The third kappa shape index (κ3) is 4.26. The van der Waals surface area contributed by atoms with Gasteiger partial charge in [-0.25, -0.2) is 0 Å². The zero-order valence-electron chi connectivity index (χ0n) is 10.1. The lowest BCUT2D eigenvalue weighted by molar-refractivity contribution is -0.143. The number of ketones is 1. The number of ether oxygens (including phenoxy) is 2. The molecule has 0 bridgehead atoms. The molecule has 0 aromatic heterocycles. The number of methoxy groups -OCH3 is 1. The standard InChI is InChI=1S/C13H16O4/c1-3-17-13(15)8-7-12(14)10-5-4-6-11(9-10)16-2/h4-6,9H,3,7-8H2,1-2H3. The molecule has 0 spiro atoms. The summed E-state index contributed by atoms with van der Waals surface area (Å²) in [6.07, 6.45) is 0.274. The van der Waals surface area contributed by atoms with Crippen LogP contribution in [0, 0.1) is 0 Å². The molecular formula is C13H16O4. The molecular weight excluding hydrogens is 220 g/mol. The first kappa shape index (κ1) is 13.2. The minimum atomic E-state index is -0.344. The van der Waals surface area contributed by atoms with Crippen LogP contribution >= 0.6 is 0 Å². The van der Waals surface area contributed by atoms with Crippen molar-refractivity contribution in [3.05, 3.63) is 29.8 Å². The van der Waals surface area contributed by atoms with E-state index in [1.807, 2.05) is 0 Å². The molecule has 1 aromatic rings. The minimum Gasteiger partial charge on any atom is -0.497 e. The first-order chi connectivity index (χ1) is 8.17. The highest BCUT2D eigenvalue weighted by Gasteiger charge is 2.10. The van der Waals surface area contributed by atoms with Crippen molar-refractivity contribution in [1.29, 1.82) is 0 Å². The van der Waals surface area contributed by atoms with Crippen LogP contribution in [0.4, 0.5) is 0 Å². The van der Waals surface area contributed by atoms with Crippen molar-refractivity contribution in [2.75, 3.05) is 13.7 Å². The van der Waals surface area contributed by atoms with Crippen molar-refractivity contribution in [3.63, 3.8) is 0 Å². The molecule has 92 valence electrons. The van der Waals surface area contributed by atoms with Crippen molar-refractivity contribution >= 4 is 11.8 Å². The Morgan fingerprint density at radius 1 is 1.24 bits per heavy atom. The summed E-state index contributed by atoms with van der Waals surface area (Å²) in [6, 6.07) is 6.88. The molecule has 4 nitrogen and oxygen atoms in total. The van der Waals surface area contributed by atoms with Gasteiger partial charge < -0.3 is 9.47 Å². The summed E-state index contributed by atoms with van der Waals surface area (Å²) in [5.41, 5.74) is 0.550. The number of carbonyl (C=O) groups is 2. The largest absolute Gasteiger partial charge is 0.497 e. The average Bonchev–Trinajstić information content (AvgIpc) is 2.36. The lowest BCUT2D eigenvalue weighted by Crippen LogP contribution is -2.08. The summed E-state index contributed by atoms with van der Waals surface area (Å²) in [6.45, 7) is 2.08. The maximum atomic E-state index is 11.8. The van der Waals surface area contributed by atoms with Crippen LogP contribution in [0.2, 0.25) is 0 Å². The number of benzene rings is 1. The SMILES string of the molecule is CCOC(=O)CCC(=O)c1cccc(OC)c1. The number of esters is 1. The molecule has 0 N–H and O–H groups in total. The van der Waals surface area contributed by atoms with Crippen LogP contribution < -0.4 is 4.74 Å². The van der Waals surface area contributed by atoms with Crippen LogP contribution in [0.5, 0.6) is 5.75 Å². The molecule has 0 radical (unpaired) electrons. The molecule has 0 unspecified atom stereocenters. The monoisotopic (exact) mass is 236 g/mol. The highest BCUT2D eigenvalue weighted by molar-refractivity contribution is 5.97. The van der Waals surface area contributed by atoms with Crippen LogP contribution in [0.25, 0.3) is 0 Å². The summed E-state index contributed by atoms with van der Waals surface area (Å²) in [7, 11) is 1.54. The second-order valence-corrected chi connectivity index (χ2v) is 3.46. The van der Waals surface area contributed by atoms with Gasteiger partial charge in [0, 0.05) is 12.0 Å². The van der Waals surface area contributed by atoms with E-state index >= 15 is 0 Å². The number of hydrogen-bond acceptors (Lipinski definition) is 4. The summed E-state index contributed by atoms with van der Waals surface area (Å²) in [4.78, 5) is 22.9. The molecule has 1 rings (SSSR count). The normalized spacial score (nSPS) is 9.76. The molecule has 0 saturated heterocycles. The van der Waals surface area contributed by atoms with E-state index in [-0.39, 0.29) is 24.6 Å². The van der Waals surface area contributed by atoms with E-state index in [0.29, 0.717) is 17.9 Å². The van der Waals surface area contributed by atoms with Crippen molar-refractivity contribution in [3.8, 4) is 5.75 Å². The zero-order chi connectivity index (χ0) is 12.7. The van der Waals surface area contributed by atoms with Gasteiger partial charge in [-0.2, -0.15) is 0 Å². The lowest BCUT2D eigenvalue weighted by atomic mass is 10.1. The zero-order valence-corrected chi connectivity index (χ0v) is 10.1. The Labute approximate surface area is 101 Å². The number of rotatable bonds is 6. The Bertz CT molecular complexity index is 398. The highest BCUT2D eigenvalue weighted by Crippen LogP contribution is 2.14. The van der Waals surface area contributed by atoms with E-state index in [2.05, 4.69) is 0 Å². The van der Waals surface area contributed by atoms with Gasteiger partial charge in [-0.15, -0.1) is 0 Å². The van der Waals surface area contributed by atoms with Crippen molar-refractivity contribution in [1.82, 2.24) is 0 Å². The molecule has 0 saturated carbocycles. The van der Waals surface area contributed by atoms with Gasteiger partial charge in [-0.3, -0.25) is 9.59 Å². The van der Waals surface area contributed by atoms with Crippen LogP contribution in [0.15, 0.2) is 24.3 Å². The van der Waals surface area contributed by atoms with Gasteiger partial charge in [0.2, 0.25) is 0 Å². The van der Waals surface area contributed by atoms with Crippen molar-refractivity contribution in [2.24, 2.45) is 0 Å². The predicted molar refractivity (Wildman–Crippen MR) is 63.2 cm³/mol. The second-order valence-electron chi connectivity index (χ2n) is 3.46. The highest BCUT2D eigenvalue weighted by atomic mass is 16.5. The third-order valence-corrected chi connectivity index (χ3v) is 2.25. The summed E-state index contributed by atoms with van der Waals surface area (Å²) < 4.78 is 9.78. The van der Waals surface area contributed by atoms with Crippen LogP contribution in [-0.4, -0.2) is 25.5 Å². The molecule has 0 amide bonds. The van der Waals surface area contributed by atoms with Gasteiger partial charge >= 0.3 is 5.97 Å². The van der Waals surface area contributed by atoms with E-state index in [0.717, 1.165) is 0 Å². The van der Waals surface area contributed by atoms with E-state index in [9.17, 15) is 9.59 Å². The average molecular weight is 236 g/mol. The molecule has 1 aromatic carbocycles. The van der Waals surface area contributed by atoms with Crippen LogP contribution in [-0.2, 0) is 9.53 Å². The Balaban J connectivity index is 2.54. The Kier molecular flexibility index (Phi) is 5.20. The Hall–Kier alpha value is -1.84. The minimum absolute atomic E-state index is 0.0862. The summed E-state index contributed by atoms with van der Waals surface area (Å²) >= 11 is 0. The molecule has 0 aliphatic rings. The van der Waals surface area contributed by atoms with E-state index in [1.165, 1.54) is 0 Å². The van der Waals surface area contributed by atoms with E-state index in [4.69, 9.17) is 9.47 Å². The number of hydrogen-bond donors (Lipinski definition) is 0. The molecule has 0 aliphatic heterocycles. The maximum Gasteiger partial charge on any atom is 0.306 e. The third-order valence-electron chi connectivity index (χ3n) is 2.25. The fraction of sp³-hybridized carbons (Fsp3) is 0.385. The fourth-order valence-electron chi connectivity index (χ4n) is 1.39. The first-order valence-electron chi connectivity index (χ1n) is 5.50. The van der Waals surface area contributed by atoms with Gasteiger partial charge in [0.25, 0.3) is 0 Å². The maximum absolute atomic E-state index is 11.8. The fourth-order valence-corrected chi connectivity index (χ4v) is 1.39. The van der Waals surface area contributed by atoms with Gasteiger partial charge in [0.15, 0.2) is 5.78 Å². The van der Waals surface area contributed by atoms with Crippen LogP contribution in [0.3, 0.4) is 0 Å². The number of Topliss-reactive ketones (excluding diaryl/α,β-unsaturated/α-hetero) is 1. The summed E-state index contributed by atoms with van der Waals surface area (Å²) in [5, 5.41) is 0. The van der Waals surface area contributed by atoms with E-state index < -0.39 is 0 Å². The van der Waals surface area contributed by atoms with Crippen molar-refractivity contribution < 1.29 is 19.1 Å². The lowest BCUT2D eigenvalue weighted by Gasteiger charge is -2.04. The Morgan fingerprint density at radius 3 is 2.65 bits per heavy atom. The topological polar surface area (TPSA) is 52.6 Å². The van der Waals surface area contributed by atoms with Gasteiger partial charge in [-0.1, -0.05) is 12.1 Å². The van der Waals surface area contributed by atoms with Crippen molar-refractivity contribution in [2.45, 2.75) is 19.8 Å². The quantitative estimate of drug-likeness (QED) is 0.561. The second kappa shape index (κ2) is 6.68. The van der Waals surface area contributed by atoms with E-state index in [1.54, 1.807) is 38.3 Å². The summed E-state index contributed by atoms with van der Waals surface area (Å²) in [5.74, 6) is 0.202. The molecule has 4 heteroatoms. The molecule has 0 fully saturated rings. The molecule has 0 heterocycles. The van der Waals surface area contributed by atoms with Gasteiger partial charge in [0.05, 0.1) is 20.1 Å². The van der Waals surface area contributed by atoms with Gasteiger partial charge in [-0.05, 0) is 19.1 Å². The number of carbonyl (C=O) groups excluding carboxylic acids is 2. The Morgan fingerprint density at radius 2 is 2.00 bits per heavy atom. The van der Waals surface area contributed by atoms with Gasteiger partial charge in [0.1, 0.15) is 5.75 Å². The van der Waals surface area contributed by atoms with Crippen LogP contribution in [0.1, 0.15) is 30.1 Å². The molecule has 0 aliphatic carbocycles.